The molecule has 3 aromatic rings. The molecule has 0 heterocycles. The van der Waals surface area contributed by atoms with Gasteiger partial charge in [0.1, 0.15) is 12.6 Å². The first-order chi connectivity index (χ1) is 18.5. The summed E-state index contributed by atoms with van der Waals surface area (Å²) < 4.78 is 28.2. The maximum atomic E-state index is 13.8. The highest BCUT2D eigenvalue weighted by Gasteiger charge is 2.33. The van der Waals surface area contributed by atoms with Gasteiger partial charge in [0.2, 0.25) is 11.8 Å². The molecule has 10 nitrogen and oxygen atoms in total. The number of hydrogen-bond donors (Lipinski definition) is 1. The van der Waals surface area contributed by atoms with Crippen molar-refractivity contribution < 1.29 is 22.9 Å². The lowest BCUT2D eigenvalue weighted by Gasteiger charge is -2.33. The van der Waals surface area contributed by atoms with E-state index in [1.165, 1.54) is 54.4 Å². The fourth-order valence-corrected chi connectivity index (χ4v) is 5.68. The minimum absolute atomic E-state index is 0.0736. The number of nitro benzene ring substituents is 1. The van der Waals surface area contributed by atoms with E-state index < -0.39 is 39.3 Å². The lowest BCUT2D eigenvalue weighted by atomic mass is 10.1. The zero-order valence-electron chi connectivity index (χ0n) is 21.1. The van der Waals surface area contributed by atoms with Crippen molar-refractivity contribution in [2.45, 2.75) is 30.8 Å². The number of rotatable bonds is 11. The van der Waals surface area contributed by atoms with Crippen LogP contribution in [0.4, 0.5) is 11.4 Å². The number of non-ortho nitro benzene ring substituents is 1. The molecule has 0 aliphatic heterocycles. The Morgan fingerprint density at radius 2 is 1.69 bits per heavy atom. The zero-order valence-corrected chi connectivity index (χ0v) is 23.4. The summed E-state index contributed by atoms with van der Waals surface area (Å²) in [4.78, 5) is 38.5. The topological polar surface area (TPSA) is 130 Å². The van der Waals surface area contributed by atoms with Gasteiger partial charge in [-0.2, -0.15) is 0 Å². The summed E-state index contributed by atoms with van der Waals surface area (Å²) in [5, 5.41) is 14.5. The molecule has 206 valence electrons. The summed E-state index contributed by atoms with van der Waals surface area (Å²) >= 11 is 12.2. The molecule has 3 aromatic carbocycles. The third-order valence-corrected chi connectivity index (χ3v) is 8.43. The molecule has 1 atom stereocenters. The van der Waals surface area contributed by atoms with Crippen LogP contribution in [-0.2, 0) is 26.2 Å². The monoisotopic (exact) mass is 592 g/mol. The third-order valence-electron chi connectivity index (χ3n) is 5.91. The molecule has 0 aliphatic rings. The predicted octanol–water partition coefficient (Wildman–Crippen LogP) is 4.65. The van der Waals surface area contributed by atoms with Gasteiger partial charge in [-0.05, 0) is 42.3 Å². The molecule has 39 heavy (non-hydrogen) atoms. The molecule has 13 heteroatoms. The van der Waals surface area contributed by atoms with Crippen molar-refractivity contribution in [3.05, 3.63) is 98.5 Å². The fraction of sp³-hybridized carbons (Fsp3) is 0.231. The highest BCUT2D eigenvalue weighted by molar-refractivity contribution is 7.92. The van der Waals surface area contributed by atoms with Crippen LogP contribution in [0.5, 0.6) is 0 Å². The Morgan fingerprint density at radius 1 is 1.00 bits per heavy atom. The number of benzene rings is 3. The van der Waals surface area contributed by atoms with Gasteiger partial charge >= 0.3 is 0 Å². The number of sulfonamides is 1. The number of hydrogen-bond acceptors (Lipinski definition) is 6. The van der Waals surface area contributed by atoms with Crippen LogP contribution in [0, 0.1) is 10.1 Å². The summed E-state index contributed by atoms with van der Waals surface area (Å²) in [6.07, 6.45) is 0.231. The van der Waals surface area contributed by atoms with Gasteiger partial charge in [-0.1, -0.05) is 60.5 Å². The van der Waals surface area contributed by atoms with Gasteiger partial charge in [0.15, 0.2) is 0 Å². The van der Waals surface area contributed by atoms with Crippen molar-refractivity contribution in [3.63, 3.8) is 0 Å². The number of likely N-dealkylation sites (N-methyl/N-ethyl adjacent to an activating group) is 1. The summed E-state index contributed by atoms with van der Waals surface area (Å²) in [7, 11) is -2.91. The first-order valence-electron chi connectivity index (χ1n) is 11.8. The SMILES string of the molecule is CCC(C(=O)NC)N(Cc1ccc(Cl)c(Cl)c1)C(=O)CN(c1cccc([N+](=O)[O-])c1)S(=O)(=O)c1ccccc1. The van der Waals surface area contributed by atoms with Crippen LogP contribution in [0.25, 0.3) is 0 Å². The van der Waals surface area contributed by atoms with Crippen LogP contribution in [0.15, 0.2) is 77.7 Å². The molecule has 0 fully saturated rings. The number of anilines is 1. The average Bonchev–Trinajstić information content (AvgIpc) is 2.93. The number of halogens is 2. The molecular weight excluding hydrogens is 567 g/mol. The highest BCUT2D eigenvalue weighted by Crippen LogP contribution is 2.28. The number of amides is 2. The van der Waals surface area contributed by atoms with E-state index in [1.807, 2.05) is 0 Å². The standard InChI is InChI=1S/C26H26Cl2N4O6S/c1-3-24(26(34)29-2)30(16-18-12-13-22(27)23(28)14-18)25(33)17-31(19-8-7-9-20(15-19)32(35)36)39(37,38)21-10-5-4-6-11-21/h4-15,24H,3,16-17H2,1-2H3,(H,29,34). The number of nitrogens with zero attached hydrogens (tertiary/aromatic N) is 3. The molecule has 2 amide bonds. The second-order valence-corrected chi connectivity index (χ2v) is 11.1. The molecular formula is C26H26Cl2N4O6S. The van der Waals surface area contributed by atoms with Crippen LogP contribution in [0.2, 0.25) is 10.0 Å². The molecule has 1 N–H and O–H groups in total. The van der Waals surface area contributed by atoms with Crippen molar-refractivity contribution in [2.24, 2.45) is 0 Å². The minimum Gasteiger partial charge on any atom is -0.357 e. The Balaban J connectivity index is 2.10. The van der Waals surface area contributed by atoms with Crippen molar-refractivity contribution in [1.29, 1.82) is 0 Å². The summed E-state index contributed by atoms with van der Waals surface area (Å²) in [6.45, 7) is 0.914. The average molecular weight is 593 g/mol. The maximum Gasteiger partial charge on any atom is 0.271 e. The third kappa shape index (κ3) is 7.05. The minimum atomic E-state index is -4.34. The van der Waals surface area contributed by atoms with E-state index in [0.717, 1.165) is 10.4 Å². The van der Waals surface area contributed by atoms with Crippen molar-refractivity contribution in [2.75, 3.05) is 17.9 Å². The molecule has 0 saturated carbocycles. The lowest BCUT2D eigenvalue weighted by Crippen LogP contribution is -2.51. The van der Waals surface area contributed by atoms with Gasteiger partial charge in [-0.3, -0.25) is 24.0 Å². The zero-order chi connectivity index (χ0) is 28.7. The summed E-state index contributed by atoms with van der Waals surface area (Å²) in [5.41, 5.74) is 0.134. The highest BCUT2D eigenvalue weighted by atomic mass is 35.5. The van der Waals surface area contributed by atoms with Crippen LogP contribution in [-0.4, -0.2) is 49.7 Å². The molecule has 0 radical (unpaired) electrons. The van der Waals surface area contributed by atoms with Crippen molar-refractivity contribution in [1.82, 2.24) is 10.2 Å². The van der Waals surface area contributed by atoms with E-state index in [0.29, 0.717) is 10.6 Å². The van der Waals surface area contributed by atoms with Crippen LogP contribution >= 0.6 is 23.2 Å². The summed E-state index contributed by atoms with van der Waals surface area (Å²) in [6, 6.07) is 16.2. The lowest BCUT2D eigenvalue weighted by molar-refractivity contribution is -0.384. The Kier molecular flexibility index (Phi) is 9.90. The predicted molar refractivity (Wildman–Crippen MR) is 149 cm³/mol. The Hall–Kier alpha value is -3.67. The summed E-state index contributed by atoms with van der Waals surface area (Å²) in [5.74, 6) is -1.15. The molecule has 0 spiro atoms. The van der Waals surface area contributed by atoms with E-state index in [9.17, 15) is 28.1 Å². The quantitative estimate of drug-likeness (QED) is 0.255. The smallest absolute Gasteiger partial charge is 0.271 e. The molecule has 1 unspecified atom stereocenters. The number of carbonyl (C=O) groups is 2. The normalized spacial score (nSPS) is 11.9. The first-order valence-corrected chi connectivity index (χ1v) is 14.0. The van der Waals surface area contributed by atoms with Gasteiger partial charge in [-0.15, -0.1) is 0 Å². The Labute approximate surface area is 236 Å². The molecule has 0 aromatic heterocycles. The molecule has 0 aliphatic carbocycles. The first kappa shape index (κ1) is 29.9. The second kappa shape index (κ2) is 12.9. The van der Waals surface area contributed by atoms with Gasteiger partial charge < -0.3 is 10.2 Å². The molecule has 3 rings (SSSR count). The number of carbonyl (C=O) groups excluding carboxylic acids is 2. The largest absolute Gasteiger partial charge is 0.357 e. The molecule has 0 saturated heterocycles. The van der Waals surface area contributed by atoms with E-state index in [-0.39, 0.29) is 34.3 Å². The number of nitro groups is 1. The van der Waals surface area contributed by atoms with Gasteiger partial charge in [0.05, 0.1) is 25.6 Å². The van der Waals surface area contributed by atoms with Gasteiger partial charge in [-0.25, -0.2) is 8.42 Å². The van der Waals surface area contributed by atoms with E-state index in [4.69, 9.17) is 23.2 Å². The van der Waals surface area contributed by atoms with E-state index in [1.54, 1.807) is 31.2 Å². The van der Waals surface area contributed by atoms with Crippen LogP contribution < -0.4 is 9.62 Å². The van der Waals surface area contributed by atoms with Crippen molar-refractivity contribution >= 4 is 56.4 Å². The second-order valence-electron chi connectivity index (χ2n) is 8.41. The van der Waals surface area contributed by atoms with Crippen LogP contribution in [0.1, 0.15) is 18.9 Å². The maximum absolute atomic E-state index is 13.8. The Bertz CT molecular complexity index is 1470. The Morgan fingerprint density at radius 3 is 2.28 bits per heavy atom. The van der Waals surface area contributed by atoms with Gasteiger partial charge in [0.25, 0.3) is 15.7 Å². The fourth-order valence-electron chi connectivity index (χ4n) is 3.93. The van der Waals surface area contributed by atoms with E-state index in [2.05, 4.69) is 5.32 Å². The van der Waals surface area contributed by atoms with E-state index >= 15 is 0 Å². The molecule has 0 bridgehead atoms. The van der Waals surface area contributed by atoms with Gasteiger partial charge in [0, 0.05) is 25.7 Å². The number of nitrogens with one attached hydrogen (secondary N) is 1. The van der Waals surface area contributed by atoms with Crippen molar-refractivity contribution in [3.8, 4) is 0 Å². The van der Waals surface area contributed by atoms with Crippen LogP contribution in [0.3, 0.4) is 0 Å².